The van der Waals surface area contributed by atoms with Crippen LogP contribution in [0.4, 0.5) is 0 Å². The van der Waals surface area contributed by atoms with Crippen LogP contribution in [-0.2, 0) is 11.2 Å². The number of nitrogens with zero attached hydrogens (tertiary/aromatic N) is 1. The van der Waals surface area contributed by atoms with Gasteiger partial charge in [0.25, 0.3) is 0 Å². The highest BCUT2D eigenvalue weighted by atomic mass is 16.1. The van der Waals surface area contributed by atoms with Crippen molar-refractivity contribution in [2.75, 3.05) is 0 Å². The normalized spacial score (nSPS) is 9.33. The van der Waals surface area contributed by atoms with Crippen molar-refractivity contribution in [3.63, 3.8) is 0 Å². The minimum Gasteiger partial charge on any atom is -0.369 e. The second-order valence-corrected chi connectivity index (χ2v) is 2.35. The van der Waals surface area contributed by atoms with Gasteiger partial charge in [-0.3, -0.25) is 14.6 Å². The van der Waals surface area contributed by atoms with Crippen molar-refractivity contribution in [2.24, 2.45) is 5.73 Å². The summed E-state index contributed by atoms with van der Waals surface area (Å²) in [6.45, 7) is 0. The lowest BCUT2D eigenvalue weighted by Crippen LogP contribution is -2.13. The standard InChI is InChI=1S/C8H8N2O2/c9-8(12)4-6-1-2-10-7(3-6)5-11/h1-3,5H,4H2,(H2,9,12). The van der Waals surface area contributed by atoms with Gasteiger partial charge < -0.3 is 5.73 Å². The van der Waals surface area contributed by atoms with Crippen molar-refractivity contribution in [1.82, 2.24) is 4.98 Å². The molecule has 0 aromatic carbocycles. The van der Waals surface area contributed by atoms with Gasteiger partial charge in [-0.2, -0.15) is 0 Å². The molecule has 1 heterocycles. The van der Waals surface area contributed by atoms with E-state index in [-0.39, 0.29) is 6.42 Å². The van der Waals surface area contributed by atoms with E-state index in [1.54, 1.807) is 6.07 Å². The zero-order valence-electron chi connectivity index (χ0n) is 6.36. The molecule has 12 heavy (non-hydrogen) atoms. The zero-order chi connectivity index (χ0) is 8.97. The highest BCUT2D eigenvalue weighted by molar-refractivity contribution is 5.77. The lowest BCUT2D eigenvalue weighted by Gasteiger charge is -1.96. The zero-order valence-corrected chi connectivity index (χ0v) is 6.36. The summed E-state index contributed by atoms with van der Waals surface area (Å²) in [6.07, 6.45) is 2.25. The van der Waals surface area contributed by atoms with Gasteiger partial charge in [-0.1, -0.05) is 0 Å². The summed E-state index contributed by atoms with van der Waals surface area (Å²) >= 11 is 0. The third-order valence-corrected chi connectivity index (χ3v) is 1.34. The predicted molar refractivity (Wildman–Crippen MR) is 42.5 cm³/mol. The molecule has 1 rings (SSSR count). The van der Waals surface area contributed by atoms with Crippen LogP contribution in [0.2, 0.25) is 0 Å². The van der Waals surface area contributed by atoms with Crippen LogP contribution in [0.1, 0.15) is 16.1 Å². The highest BCUT2D eigenvalue weighted by Crippen LogP contribution is 2.00. The molecule has 0 aliphatic heterocycles. The molecule has 62 valence electrons. The third kappa shape index (κ3) is 2.16. The molecule has 0 fully saturated rings. The Kier molecular flexibility index (Phi) is 2.53. The summed E-state index contributed by atoms with van der Waals surface area (Å²) in [6, 6.07) is 3.19. The Morgan fingerprint density at radius 2 is 2.42 bits per heavy atom. The van der Waals surface area contributed by atoms with Crippen molar-refractivity contribution in [3.05, 3.63) is 29.6 Å². The number of primary amides is 1. The van der Waals surface area contributed by atoms with E-state index in [1.165, 1.54) is 12.3 Å². The molecule has 0 saturated heterocycles. The number of hydrogen-bond donors (Lipinski definition) is 1. The molecule has 0 aliphatic carbocycles. The fourth-order valence-electron chi connectivity index (χ4n) is 0.870. The van der Waals surface area contributed by atoms with Crippen molar-refractivity contribution >= 4 is 12.2 Å². The first kappa shape index (κ1) is 8.39. The molecule has 4 heteroatoms. The Hall–Kier alpha value is -1.71. The third-order valence-electron chi connectivity index (χ3n) is 1.34. The van der Waals surface area contributed by atoms with E-state index < -0.39 is 5.91 Å². The largest absolute Gasteiger partial charge is 0.369 e. The molecule has 0 saturated carbocycles. The van der Waals surface area contributed by atoms with Crippen LogP contribution < -0.4 is 5.73 Å². The number of hydrogen-bond acceptors (Lipinski definition) is 3. The average Bonchev–Trinajstić information content (AvgIpc) is 2.03. The molecule has 0 radical (unpaired) electrons. The molecule has 2 N–H and O–H groups in total. The molecular weight excluding hydrogens is 156 g/mol. The van der Waals surface area contributed by atoms with E-state index in [0.717, 1.165) is 0 Å². The maximum Gasteiger partial charge on any atom is 0.221 e. The van der Waals surface area contributed by atoms with E-state index in [4.69, 9.17) is 5.73 Å². The van der Waals surface area contributed by atoms with Crippen molar-refractivity contribution < 1.29 is 9.59 Å². The Labute approximate surface area is 69.4 Å². The molecule has 0 spiro atoms. The Bertz CT molecular complexity index is 310. The van der Waals surface area contributed by atoms with Crippen LogP contribution in [0.3, 0.4) is 0 Å². The quantitative estimate of drug-likeness (QED) is 0.635. The van der Waals surface area contributed by atoms with E-state index in [9.17, 15) is 9.59 Å². The fraction of sp³-hybridized carbons (Fsp3) is 0.125. The first-order valence-corrected chi connectivity index (χ1v) is 3.41. The number of nitrogens with two attached hydrogens (primary N) is 1. The molecular formula is C8H8N2O2. The maximum atomic E-state index is 10.5. The molecule has 1 aromatic rings. The average molecular weight is 164 g/mol. The van der Waals surface area contributed by atoms with Crippen LogP contribution in [0.15, 0.2) is 18.3 Å². The minimum absolute atomic E-state index is 0.142. The Balaban J connectivity index is 2.86. The van der Waals surface area contributed by atoms with Gasteiger partial charge >= 0.3 is 0 Å². The van der Waals surface area contributed by atoms with Crippen molar-refractivity contribution in [1.29, 1.82) is 0 Å². The van der Waals surface area contributed by atoms with E-state index in [2.05, 4.69) is 4.98 Å². The molecule has 0 bridgehead atoms. The Morgan fingerprint density at radius 1 is 1.67 bits per heavy atom. The molecule has 0 unspecified atom stereocenters. The monoisotopic (exact) mass is 164 g/mol. The second-order valence-electron chi connectivity index (χ2n) is 2.35. The highest BCUT2D eigenvalue weighted by Gasteiger charge is 1.99. The number of carbonyl (C=O) groups is 2. The van der Waals surface area contributed by atoms with Gasteiger partial charge in [-0.05, 0) is 17.7 Å². The molecule has 1 amide bonds. The number of amides is 1. The van der Waals surface area contributed by atoms with Crippen molar-refractivity contribution in [3.8, 4) is 0 Å². The van der Waals surface area contributed by atoms with Crippen LogP contribution in [0, 0.1) is 0 Å². The van der Waals surface area contributed by atoms with Crippen molar-refractivity contribution in [2.45, 2.75) is 6.42 Å². The minimum atomic E-state index is -0.418. The first-order valence-electron chi connectivity index (χ1n) is 3.41. The molecule has 0 aliphatic rings. The van der Waals surface area contributed by atoms with Gasteiger partial charge in [-0.25, -0.2) is 0 Å². The molecule has 4 nitrogen and oxygen atoms in total. The summed E-state index contributed by atoms with van der Waals surface area (Å²) in [5.41, 5.74) is 5.99. The summed E-state index contributed by atoms with van der Waals surface area (Å²) < 4.78 is 0. The van der Waals surface area contributed by atoms with Gasteiger partial charge in [0.05, 0.1) is 6.42 Å². The Morgan fingerprint density at radius 3 is 3.00 bits per heavy atom. The fourth-order valence-corrected chi connectivity index (χ4v) is 0.870. The van der Waals surface area contributed by atoms with Crippen LogP contribution in [0.25, 0.3) is 0 Å². The summed E-state index contributed by atoms with van der Waals surface area (Å²) in [5, 5.41) is 0. The first-order chi connectivity index (χ1) is 5.72. The van der Waals surface area contributed by atoms with E-state index >= 15 is 0 Å². The SMILES string of the molecule is NC(=O)Cc1ccnc(C=O)c1. The summed E-state index contributed by atoms with van der Waals surface area (Å²) in [7, 11) is 0. The summed E-state index contributed by atoms with van der Waals surface area (Å²) in [5.74, 6) is -0.418. The number of rotatable bonds is 3. The van der Waals surface area contributed by atoms with Gasteiger partial charge in [0, 0.05) is 6.20 Å². The molecule has 0 atom stereocenters. The number of aldehydes is 1. The lowest BCUT2D eigenvalue weighted by atomic mass is 10.1. The predicted octanol–water partition coefficient (Wildman–Crippen LogP) is -0.0781. The van der Waals surface area contributed by atoms with E-state index in [1.807, 2.05) is 0 Å². The second kappa shape index (κ2) is 3.61. The van der Waals surface area contributed by atoms with Gasteiger partial charge in [0.2, 0.25) is 5.91 Å². The molecule has 1 aromatic heterocycles. The van der Waals surface area contributed by atoms with Crippen LogP contribution >= 0.6 is 0 Å². The lowest BCUT2D eigenvalue weighted by molar-refractivity contribution is -0.117. The van der Waals surface area contributed by atoms with Gasteiger partial charge in [0.15, 0.2) is 6.29 Å². The number of carbonyl (C=O) groups excluding carboxylic acids is 2. The van der Waals surface area contributed by atoms with E-state index in [0.29, 0.717) is 17.5 Å². The smallest absolute Gasteiger partial charge is 0.221 e. The summed E-state index contributed by atoms with van der Waals surface area (Å²) in [4.78, 5) is 24.5. The maximum absolute atomic E-state index is 10.5. The van der Waals surface area contributed by atoms with Crippen LogP contribution in [-0.4, -0.2) is 17.2 Å². The number of pyridine rings is 1. The number of aromatic nitrogens is 1. The topological polar surface area (TPSA) is 73.1 Å². The van der Waals surface area contributed by atoms with Gasteiger partial charge in [0.1, 0.15) is 5.69 Å². The van der Waals surface area contributed by atoms with Crippen LogP contribution in [0.5, 0.6) is 0 Å². The van der Waals surface area contributed by atoms with Gasteiger partial charge in [-0.15, -0.1) is 0 Å².